The molecule has 0 aromatic heterocycles. The first kappa shape index (κ1) is 22.3. The van der Waals surface area contributed by atoms with Gasteiger partial charge in [0.15, 0.2) is 36.0 Å². The Morgan fingerprint density at radius 2 is 1.69 bits per heavy atom. The van der Waals surface area contributed by atoms with Crippen LogP contribution in [0.4, 0.5) is 0 Å². The minimum absolute atomic E-state index is 0.101. The van der Waals surface area contributed by atoms with Crippen molar-refractivity contribution in [2.24, 2.45) is 4.99 Å². The molecule has 12 heteroatoms. The highest BCUT2D eigenvalue weighted by Gasteiger charge is 2.54. The van der Waals surface area contributed by atoms with Gasteiger partial charge in [-0.3, -0.25) is 14.4 Å². The number of benzene rings is 1. The average molecular weight is 514 g/mol. The molecule has 4 rings (SSSR count). The summed E-state index contributed by atoms with van der Waals surface area (Å²) in [4.78, 5) is 39.4. The predicted molar refractivity (Wildman–Crippen MR) is 108 cm³/mol. The number of halogens is 1. The minimum Gasteiger partial charge on any atom is -0.465 e. The van der Waals surface area contributed by atoms with Gasteiger partial charge in [0.25, 0.3) is 0 Å². The molecule has 1 aromatic rings. The van der Waals surface area contributed by atoms with E-state index in [1.807, 2.05) is 0 Å². The summed E-state index contributed by atoms with van der Waals surface area (Å²) in [6.07, 6.45) is -4.86. The highest BCUT2D eigenvalue weighted by Crippen LogP contribution is 2.40. The van der Waals surface area contributed by atoms with E-state index in [1.54, 1.807) is 12.1 Å². The topological polar surface area (TPSA) is 128 Å². The summed E-state index contributed by atoms with van der Waals surface area (Å²) < 4.78 is 39.2. The maximum absolute atomic E-state index is 11.8. The molecule has 0 aliphatic carbocycles. The van der Waals surface area contributed by atoms with Crippen molar-refractivity contribution < 1.29 is 47.5 Å². The van der Waals surface area contributed by atoms with E-state index < -0.39 is 48.6 Å². The first-order valence-corrected chi connectivity index (χ1v) is 10.5. The van der Waals surface area contributed by atoms with Crippen LogP contribution in [0.25, 0.3) is 0 Å². The van der Waals surface area contributed by atoms with Crippen molar-refractivity contribution >= 4 is 39.7 Å². The van der Waals surface area contributed by atoms with Crippen LogP contribution >= 0.6 is 15.9 Å². The number of hydrogen-bond donors (Lipinski definition) is 0. The van der Waals surface area contributed by atoms with E-state index in [0.717, 1.165) is 0 Å². The second-order valence-electron chi connectivity index (χ2n) is 7.22. The molecule has 172 valence electrons. The summed E-state index contributed by atoms with van der Waals surface area (Å²) in [5.41, 5.74) is 0.564. The van der Waals surface area contributed by atoms with E-state index in [4.69, 9.17) is 33.2 Å². The van der Waals surface area contributed by atoms with Gasteiger partial charge in [0.2, 0.25) is 12.7 Å². The number of ether oxygens (including phenoxy) is 7. The monoisotopic (exact) mass is 513 g/mol. The molecule has 11 nitrogen and oxygen atoms in total. The van der Waals surface area contributed by atoms with E-state index in [2.05, 4.69) is 20.9 Å². The normalized spacial score (nSPS) is 27.6. The van der Waals surface area contributed by atoms with Crippen LogP contribution in [0.5, 0.6) is 11.5 Å². The van der Waals surface area contributed by atoms with Gasteiger partial charge in [0.1, 0.15) is 12.7 Å². The fourth-order valence-corrected chi connectivity index (χ4v) is 4.10. The zero-order valence-corrected chi connectivity index (χ0v) is 18.9. The number of nitrogens with zero attached hydrogens (tertiary/aromatic N) is 1. The Morgan fingerprint density at radius 1 is 1.03 bits per heavy atom. The Morgan fingerprint density at radius 3 is 2.34 bits per heavy atom. The number of rotatable bonds is 5. The molecule has 0 saturated carbocycles. The van der Waals surface area contributed by atoms with Gasteiger partial charge < -0.3 is 33.2 Å². The van der Waals surface area contributed by atoms with Gasteiger partial charge in [0, 0.05) is 25.2 Å². The molecule has 5 atom stereocenters. The van der Waals surface area contributed by atoms with Crippen LogP contribution < -0.4 is 9.47 Å². The van der Waals surface area contributed by atoms with Gasteiger partial charge in [-0.25, -0.2) is 4.99 Å². The lowest BCUT2D eigenvalue weighted by molar-refractivity contribution is -0.236. The van der Waals surface area contributed by atoms with E-state index >= 15 is 0 Å². The van der Waals surface area contributed by atoms with Crippen molar-refractivity contribution in [3.05, 3.63) is 22.2 Å². The van der Waals surface area contributed by atoms with Crippen molar-refractivity contribution in [2.45, 2.75) is 51.4 Å². The number of carbonyl (C=O) groups excluding carboxylic acids is 3. The van der Waals surface area contributed by atoms with Gasteiger partial charge >= 0.3 is 17.9 Å². The average Bonchev–Trinajstić information content (AvgIpc) is 3.33. The molecule has 1 fully saturated rings. The Hall–Kier alpha value is -2.86. The van der Waals surface area contributed by atoms with E-state index in [1.165, 1.54) is 20.8 Å². The Balaban J connectivity index is 1.65. The smallest absolute Gasteiger partial charge is 0.303 e. The van der Waals surface area contributed by atoms with Gasteiger partial charge in [-0.15, -0.1) is 0 Å². The molecule has 1 aromatic carbocycles. The molecule has 0 bridgehead atoms. The Kier molecular flexibility index (Phi) is 6.24. The zero-order chi connectivity index (χ0) is 23.0. The second-order valence-corrected chi connectivity index (χ2v) is 8.07. The van der Waals surface area contributed by atoms with Crippen molar-refractivity contribution in [1.29, 1.82) is 0 Å². The molecule has 3 aliphatic heterocycles. The third-order valence-corrected chi connectivity index (χ3v) is 5.51. The van der Waals surface area contributed by atoms with Crippen molar-refractivity contribution in [2.75, 3.05) is 13.4 Å². The molecular formula is C20H20BrNO10. The van der Waals surface area contributed by atoms with Gasteiger partial charge in [0.05, 0.1) is 5.56 Å². The molecule has 3 aliphatic rings. The molecule has 0 spiro atoms. The summed E-state index contributed by atoms with van der Waals surface area (Å²) >= 11 is 3.46. The first-order chi connectivity index (χ1) is 15.2. The van der Waals surface area contributed by atoms with Gasteiger partial charge in [-0.2, -0.15) is 0 Å². The summed E-state index contributed by atoms with van der Waals surface area (Å²) in [5, 5.41) is 0. The highest BCUT2D eigenvalue weighted by atomic mass is 79.9. The molecular weight excluding hydrogens is 494 g/mol. The number of esters is 3. The zero-order valence-electron chi connectivity index (χ0n) is 17.4. The minimum atomic E-state index is -1.08. The SMILES string of the molecule is CC(=O)OC[C@H]1O[C@@H]2N=C(c3cc4c(cc3Br)OCO4)O[C@@H]2[C@@H](OC(C)=O)[C@@H]1OC(C)=O. The lowest BCUT2D eigenvalue weighted by Crippen LogP contribution is -2.60. The van der Waals surface area contributed by atoms with Crippen molar-refractivity contribution in [1.82, 2.24) is 0 Å². The summed E-state index contributed by atoms with van der Waals surface area (Å²) in [6.45, 7) is 3.54. The number of fused-ring (bicyclic) bond motifs is 2. The van der Waals surface area contributed by atoms with Crippen LogP contribution in [0, 0.1) is 0 Å². The summed E-state index contributed by atoms with van der Waals surface area (Å²) in [6, 6.07) is 3.42. The molecule has 0 amide bonds. The first-order valence-electron chi connectivity index (χ1n) is 9.70. The fourth-order valence-electron chi connectivity index (χ4n) is 3.61. The van der Waals surface area contributed by atoms with Gasteiger partial charge in [-0.05, 0) is 28.1 Å². The maximum atomic E-state index is 11.8. The van der Waals surface area contributed by atoms with Crippen molar-refractivity contribution in [3.63, 3.8) is 0 Å². The van der Waals surface area contributed by atoms with Crippen LogP contribution in [0.15, 0.2) is 21.6 Å². The molecule has 32 heavy (non-hydrogen) atoms. The Bertz CT molecular complexity index is 979. The van der Waals surface area contributed by atoms with E-state index in [-0.39, 0.29) is 19.3 Å². The van der Waals surface area contributed by atoms with Crippen LogP contribution in [0.2, 0.25) is 0 Å². The molecule has 0 radical (unpaired) electrons. The summed E-state index contributed by atoms with van der Waals surface area (Å²) in [5.74, 6) is -0.482. The Labute approximate surface area is 191 Å². The largest absolute Gasteiger partial charge is 0.465 e. The number of hydrogen-bond acceptors (Lipinski definition) is 11. The quantitative estimate of drug-likeness (QED) is 0.421. The highest BCUT2D eigenvalue weighted by molar-refractivity contribution is 9.10. The maximum Gasteiger partial charge on any atom is 0.303 e. The standard InChI is InChI=1S/C20H20BrNO10/c1-8(23)26-6-15-16(29-9(2)24)17(30-10(3)25)18-20(31-15)22-19(32-18)11-4-13-14(5-12(11)21)28-7-27-13/h4-5,15-18,20H,6-7H2,1-3H3/t15-,16-,17+,18-,20+/m1/s1. The fraction of sp³-hybridized carbons (Fsp3) is 0.500. The van der Waals surface area contributed by atoms with Crippen molar-refractivity contribution in [3.8, 4) is 11.5 Å². The summed E-state index contributed by atoms with van der Waals surface area (Å²) in [7, 11) is 0. The predicted octanol–water partition coefficient (Wildman–Crippen LogP) is 1.47. The van der Waals surface area contributed by atoms with Crippen LogP contribution in [-0.4, -0.2) is 67.8 Å². The second kappa shape index (κ2) is 8.94. The van der Waals surface area contributed by atoms with E-state index in [0.29, 0.717) is 21.5 Å². The molecule has 0 N–H and O–H groups in total. The van der Waals surface area contributed by atoms with E-state index in [9.17, 15) is 14.4 Å². The lowest BCUT2D eigenvalue weighted by atomic mass is 9.98. The third kappa shape index (κ3) is 4.51. The molecule has 0 unspecified atom stereocenters. The molecule has 1 saturated heterocycles. The van der Waals surface area contributed by atoms with Crippen LogP contribution in [0.1, 0.15) is 26.3 Å². The lowest BCUT2D eigenvalue weighted by Gasteiger charge is -2.40. The molecule has 3 heterocycles. The van der Waals surface area contributed by atoms with Crippen LogP contribution in [-0.2, 0) is 38.1 Å². The number of aliphatic imine (C=N–C) groups is 1. The number of carbonyl (C=O) groups is 3. The van der Waals surface area contributed by atoms with Crippen LogP contribution in [0.3, 0.4) is 0 Å². The third-order valence-electron chi connectivity index (χ3n) is 4.85. The van der Waals surface area contributed by atoms with Gasteiger partial charge in [-0.1, -0.05) is 0 Å².